The molecule has 1 aliphatic rings. The van der Waals surface area contributed by atoms with Crippen LogP contribution in [0.25, 0.3) is 5.65 Å². The van der Waals surface area contributed by atoms with Gasteiger partial charge in [0.15, 0.2) is 5.65 Å². The van der Waals surface area contributed by atoms with E-state index < -0.39 is 5.82 Å². The first-order chi connectivity index (χ1) is 12.9. The summed E-state index contributed by atoms with van der Waals surface area (Å²) >= 11 is 6.23. The van der Waals surface area contributed by atoms with Crippen molar-refractivity contribution >= 4 is 29.0 Å². The third kappa shape index (κ3) is 3.16. The summed E-state index contributed by atoms with van der Waals surface area (Å²) in [5.74, 6) is 0.129. The zero-order chi connectivity index (χ0) is 19.1. The first-order valence-corrected chi connectivity index (χ1v) is 8.85. The number of amides is 1. The standard InChI is InChI=1S/C18H17ClFN5O2/c1-9-7-21-18(26)11-8-22-25-6-5-14(24-17(11)25)23-10(2)15-13(27-9)4-3-12(20)16(15)19/h3-6,8-10H,7H2,1-2H3,(H,21,26)(H,23,24)/t9-,10+/m0/s1. The summed E-state index contributed by atoms with van der Waals surface area (Å²) in [4.78, 5) is 17.0. The lowest BCUT2D eigenvalue weighted by molar-refractivity contribution is 0.0933. The molecule has 1 amide bonds. The number of nitrogens with one attached hydrogen (secondary N) is 2. The molecule has 140 valence electrons. The zero-order valence-electron chi connectivity index (χ0n) is 14.7. The normalized spacial score (nSPS) is 19.9. The van der Waals surface area contributed by atoms with Gasteiger partial charge in [-0.25, -0.2) is 13.9 Å². The molecule has 4 rings (SSSR count). The highest BCUT2D eigenvalue weighted by Crippen LogP contribution is 2.36. The molecule has 0 aliphatic carbocycles. The molecular formula is C18H17ClFN5O2. The number of benzene rings is 1. The lowest BCUT2D eigenvalue weighted by Crippen LogP contribution is -2.33. The molecular weight excluding hydrogens is 373 g/mol. The monoisotopic (exact) mass is 389 g/mol. The molecule has 0 saturated carbocycles. The summed E-state index contributed by atoms with van der Waals surface area (Å²) in [5.41, 5.74) is 1.27. The van der Waals surface area contributed by atoms with Crippen molar-refractivity contribution < 1.29 is 13.9 Å². The number of fused-ring (bicyclic) bond motifs is 2. The van der Waals surface area contributed by atoms with Crippen molar-refractivity contribution in [2.24, 2.45) is 0 Å². The second-order valence-electron chi connectivity index (χ2n) is 6.42. The average molecular weight is 390 g/mol. The van der Waals surface area contributed by atoms with Gasteiger partial charge in [-0.1, -0.05) is 11.6 Å². The van der Waals surface area contributed by atoms with Crippen molar-refractivity contribution in [2.75, 3.05) is 11.9 Å². The summed E-state index contributed by atoms with van der Waals surface area (Å²) in [6.45, 7) is 3.90. The van der Waals surface area contributed by atoms with Crippen LogP contribution in [-0.4, -0.2) is 33.2 Å². The van der Waals surface area contributed by atoms with Crippen LogP contribution in [0, 0.1) is 5.82 Å². The van der Waals surface area contributed by atoms with Gasteiger partial charge in [0.2, 0.25) is 0 Å². The van der Waals surface area contributed by atoms with Crippen molar-refractivity contribution in [3.8, 4) is 5.75 Å². The molecule has 27 heavy (non-hydrogen) atoms. The molecule has 9 heteroatoms. The molecule has 2 aromatic heterocycles. The number of hydrogen-bond donors (Lipinski definition) is 2. The number of nitrogens with zero attached hydrogens (tertiary/aromatic N) is 3. The Bertz CT molecular complexity index is 1040. The molecule has 2 N–H and O–H groups in total. The van der Waals surface area contributed by atoms with Crippen LogP contribution in [0.3, 0.4) is 0 Å². The fourth-order valence-electron chi connectivity index (χ4n) is 3.05. The number of carbonyl (C=O) groups excluding carboxylic acids is 1. The number of hydrogen-bond acceptors (Lipinski definition) is 5. The maximum absolute atomic E-state index is 14.1. The Kier molecular flexibility index (Phi) is 4.35. The molecule has 0 fully saturated rings. The number of rotatable bonds is 0. The fourth-order valence-corrected chi connectivity index (χ4v) is 3.37. The Morgan fingerprint density at radius 3 is 2.96 bits per heavy atom. The van der Waals surface area contributed by atoms with Crippen molar-refractivity contribution in [1.29, 1.82) is 0 Å². The maximum Gasteiger partial charge on any atom is 0.256 e. The summed E-state index contributed by atoms with van der Waals surface area (Å²) in [5, 5.41) is 10.1. The van der Waals surface area contributed by atoms with E-state index in [9.17, 15) is 9.18 Å². The highest BCUT2D eigenvalue weighted by molar-refractivity contribution is 6.31. The molecule has 0 spiro atoms. The summed E-state index contributed by atoms with van der Waals surface area (Å²) in [6, 6.07) is 4.13. The minimum atomic E-state index is -0.528. The number of anilines is 1. The van der Waals surface area contributed by atoms with Gasteiger partial charge in [-0.05, 0) is 32.0 Å². The first kappa shape index (κ1) is 17.5. The van der Waals surface area contributed by atoms with E-state index in [1.54, 1.807) is 12.3 Å². The number of aromatic nitrogens is 3. The lowest BCUT2D eigenvalue weighted by atomic mass is 10.1. The highest BCUT2D eigenvalue weighted by atomic mass is 35.5. The minimum Gasteiger partial charge on any atom is -0.488 e. The predicted octanol–water partition coefficient (Wildman–Crippen LogP) is 3.21. The van der Waals surface area contributed by atoms with Crippen molar-refractivity contribution in [3.63, 3.8) is 0 Å². The SMILES string of the molecule is C[C@H]1CNC(=O)c2cnn3ccc(nc23)N[C@H](C)c2c(ccc(F)c2Cl)O1. The quantitative estimate of drug-likeness (QED) is 0.617. The van der Waals surface area contributed by atoms with E-state index in [4.69, 9.17) is 16.3 Å². The van der Waals surface area contributed by atoms with E-state index in [1.807, 2.05) is 13.8 Å². The first-order valence-electron chi connectivity index (χ1n) is 8.47. The lowest BCUT2D eigenvalue weighted by Gasteiger charge is -2.23. The largest absolute Gasteiger partial charge is 0.488 e. The van der Waals surface area contributed by atoms with Crippen molar-refractivity contribution in [2.45, 2.75) is 26.0 Å². The van der Waals surface area contributed by atoms with E-state index in [-0.39, 0.29) is 29.6 Å². The Hall–Kier alpha value is -2.87. The Balaban J connectivity index is 1.85. The minimum absolute atomic E-state index is 0.00951. The molecule has 3 heterocycles. The molecule has 1 aromatic carbocycles. The Morgan fingerprint density at radius 1 is 1.33 bits per heavy atom. The molecule has 0 saturated heterocycles. The molecule has 2 atom stereocenters. The van der Waals surface area contributed by atoms with Gasteiger partial charge in [-0.15, -0.1) is 0 Å². The van der Waals surface area contributed by atoms with E-state index in [0.717, 1.165) is 0 Å². The zero-order valence-corrected chi connectivity index (χ0v) is 15.4. The topological polar surface area (TPSA) is 80.6 Å². The smallest absolute Gasteiger partial charge is 0.256 e. The molecule has 0 radical (unpaired) electrons. The van der Waals surface area contributed by atoms with Crippen LogP contribution >= 0.6 is 11.6 Å². The van der Waals surface area contributed by atoms with Gasteiger partial charge >= 0.3 is 0 Å². The van der Waals surface area contributed by atoms with E-state index in [0.29, 0.717) is 28.3 Å². The van der Waals surface area contributed by atoms with Gasteiger partial charge in [0, 0.05) is 11.8 Å². The van der Waals surface area contributed by atoms with Crippen LogP contribution in [0.5, 0.6) is 5.75 Å². The third-order valence-electron chi connectivity index (χ3n) is 4.38. The van der Waals surface area contributed by atoms with E-state index >= 15 is 0 Å². The second-order valence-corrected chi connectivity index (χ2v) is 6.79. The second kappa shape index (κ2) is 6.70. The van der Waals surface area contributed by atoms with Crippen LogP contribution in [0.4, 0.5) is 10.2 Å². The molecule has 2 bridgehead atoms. The van der Waals surface area contributed by atoms with Gasteiger partial charge < -0.3 is 15.4 Å². The molecule has 0 unspecified atom stereocenters. The van der Waals surface area contributed by atoms with E-state index in [1.165, 1.54) is 22.8 Å². The van der Waals surface area contributed by atoms with Crippen LogP contribution in [-0.2, 0) is 0 Å². The highest BCUT2D eigenvalue weighted by Gasteiger charge is 2.23. The van der Waals surface area contributed by atoms with E-state index in [2.05, 4.69) is 20.7 Å². The molecule has 3 aromatic rings. The Morgan fingerprint density at radius 2 is 2.15 bits per heavy atom. The van der Waals surface area contributed by atoms with Gasteiger partial charge in [-0.2, -0.15) is 5.10 Å². The predicted molar refractivity (Wildman–Crippen MR) is 98.9 cm³/mol. The van der Waals surface area contributed by atoms with Crippen LogP contribution in [0.1, 0.15) is 35.8 Å². The van der Waals surface area contributed by atoms with Crippen LogP contribution in [0.15, 0.2) is 30.6 Å². The van der Waals surface area contributed by atoms with Crippen molar-refractivity contribution in [1.82, 2.24) is 19.9 Å². The average Bonchev–Trinajstić information content (AvgIpc) is 3.05. The molecule has 7 nitrogen and oxygen atoms in total. The van der Waals surface area contributed by atoms with Gasteiger partial charge in [0.05, 0.1) is 23.8 Å². The van der Waals surface area contributed by atoms with Gasteiger partial charge in [0.1, 0.15) is 29.1 Å². The number of halogens is 2. The number of carbonyl (C=O) groups is 1. The van der Waals surface area contributed by atoms with Crippen LogP contribution < -0.4 is 15.4 Å². The van der Waals surface area contributed by atoms with Gasteiger partial charge in [-0.3, -0.25) is 4.79 Å². The Labute approximate surface area is 159 Å². The van der Waals surface area contributed by atoms with Crippen molar-refractivity contribution in [3.05, 3.63) is 52.6 Å². The third-order valence-corrected chi connectivity index (χ3v) is 4.77. The fraction of sp³-hybridized carbons (Fsp3) is 0.278. The van der Waals surface area contributed by atoms with Gasteiger partial charge in [0.25, 0.3) is 5.91 Å². The number of ether oxygens (including phenoxy) is 1. The summed E-state index contributed by atoms with van der Waals surface area (Å²) < 4.78 is 21.5. The van der Waals surface area contributed by atoms with Crippen LogP contribution in [0.2, 0.25) is 5.02 Å². The summed E-state index contributed by atoms with van der Waals surface area (Å²) in [7, 11) is 0. The summed E-state index contributed by atoms with van der Waals surface area (Å²) in [6.07, 6.45) is 2.81. The molecule has 1 aliphatic heterocycles. The maximum atomic E-state index is 14.1.